The zero-order valence-corrected chi connectivity index (χ0v) is 19.9. The lowest BCUT2D eigenvalue weighted by atomic mass is 10.1. The van der Waals surface area contributed by atoms with Crippen molar-refractivity contribution in [3.63, 3.8) is 0 Å². The van der Waals surface area contributed by atoms with Crippen LogP contribution in [0.5, 0.6) is 0 Å². The van der Waals surface area contributed by atoms with E-state index in [1.54, 1.807) is 31.2 Å². The van der Waals surface area contributed by atoms with Crippen LogP contribution in [-0.2, 0) is 17.9 Å². The molecule has 0 bridgehead atoms. The van der Waals surface area contributed by atoms with Crippen molar-refractivity contribution < 1.29 is 14.2 Å². The first-order valence-electron chi connectivity index (χ1n) is 11.2. The summed E-state index contributed by atoms with van der Waals surface area (Å²) < 4.78 is 6.41. The molecule has 12 nitrogen and oxygen atoms in total. The molecule has 0 unspecified atom stereocenters. The molecule has 186 valence electrons. The van der Waals surface area contributed by atoms with Gasteiger partial charge in [0.1, 0.15) is 6.54 Å². The van der Waals surface area contributed by atoms with Crippen molar-refractivity contribution in [3.8, 4) is 11.3 Å². The number of nitrogens with two attached hydrogens (primary N) is 1. The predicted molar refractivity (Wildman–Crippen MR) is 134 cm³/mol. The summed E-state index contributed by atoms with van der Waals surface area (Å²) in [5.41, 5.74) is 7.68. The molecule has 4 aromatic rings. The van der Waals surface area contributed by atoms with Gasteiger partial charge >= 0.3 is 0 Å². The SMILES string of the molecule is Cc1cc(-c2cnc(NC(C)C)c(=O)n2CC(=O)NCc2ccc3c(N)noc3c2)cc([N+](=O)[O-])c1. The Morgan fingerprint density at radius 2 is 2.03 bits per heavy atom. The lowest BCUT2D eigenvalue weighted by molar-refractivity contribution is -0.384. The molecule has 0 radical (unpaired) electrons. The second-order valence-electron chi connectivity index (χ2n) is 8.67. The van der Waals surface area contributed by atoms with Crippen LogP contribution in [0.3, 0.4) is 0 Å². The van der Waals surface area contributed by atoms with Gasteiger partial charge in [-0.2, -0.15) is 0 Å². The monoisotopic (exact) mass is 491 g/mol. The molecule has 0 saturated heterocycles. The van der Waals surface area contributed by atoms with E-state index in [-0.39, 0.29) is 42.1 Å². The van der Waals surface area contributed by atoms with Crippen LogP contribution in [0.25, 0.3) is 22.2 Å². The van der Waals surface area contributed by atoms with E-state index in [2.05, 4.69) is 20.8 Å². The fourth-order valence-corrected chi connectivity index (χ4v) is 3.78. The van der Waals surface area contributed by atoms with Crippen LogP contribution in [0.2, 0.25) is 0 Å². The second-order valence-corrected chi connectivity index (χ2v) is 8.67. The van der Waals surface area contributed by atoms with E-state index < -0.39 is 16.4 Å². The molecule has 0 saturated carbocycles. The Morgan fingerprint density at radius 3 is 2.75 bits per heavy atom. The summed E-state index contributed by atoms with van der Waals surface area (Å²) in [6.07, 6.45) is 1.43. The molecular weight excluding hydrogens is 466 g/mol. The number of nitrogens with one attached hydrogen (secondary N) is 2. The van der Waals surface area contributed by atoms with Crippen molar-refractivity contribution in [1.29, 1.82) is 0 Å². The molecule has 0 spiro atoms. The van der Waals surface area contributed by atoms with E-state index in [0.29, 0.717) is 22.1 Å². The number of nitrogens with zero attached hydrogens (tertiary/aromatic N) is 4. The summed E-state index contributed by atoms with van der Waals surface area (Å²) in [6, 6.07) is 9.68. The van der Waals surface area contributed by atoms with Crippen LogP contribution in [-0.4, -0.2) is 31.6 Å². The molecule has 0 fully saturated rings. The van der Waals surface area contributed by atoms with E-state index in [1.807, 2.05) is 13.8 Å². The van der Waals surface area contributed by atoms with E-state index in [0.717, 1.165) is 5.56 Å². The standard InChI is InChI=1S/C24H25N7O5/c1-13(2)28-23-24(33)30(19(11-27-23)16-6-14(3)7-17(9-16)31(34)35)12-21(32)26-10-15-4-5-18-20(8-15)36-29-22(18)25/h4-9,11,13H,10,12H2,1-3H3,(H2,25,29)(H,26,32)(H,27,28). The zero-order chi connectivity index (χ0) is 26.0. The highest BCUT2D eigenvalue weighted by Crippen LogP contribution is 2.26. The number of non-ortho nitro benzene ring substituents is 1. The Kier molecular flexibility index (Phi) is 6.68. The van der Waals surface area contributed by atoms with E-state index >= 15 is 0 Å². The molecule has 0 atom stereocenters. The molecule has 2 aromatic carbocycles. The molecule has 1 amide bonds. The van der Waals surface area contributed by atoms with Crippen LogP contribution in [0.15, 0.2) is 51.9 Å². The van der Waals surface area contributed by atoms with Crippen LogP contribution in [0.1, 0.15) is 25.0 Å². The highest BCUT2D eigenvalue weighted by Gasteiger charge is 2.18. The number of hydrogen-bond acceptors (Lipinski definition) is 9. The van der Waals surface area contributed by atoms with Crippen molar-refractivity contribution in [1.82, 2.24) is 20.0 Å². The summed E-state index contributed by atoms with van der Waals surface area (Å²) in [4.78, 5) is 41.2. The Bertz CT molecular complexity index is 1520. The average Bonchev–Trinajstić information content (AvgIpc) is 3.19. The quantitative estimate of drug-likeness (QED) is 0.247. The number of benzene rings is 2. The number of hydrogen-bond donors (Lipinski definition) is 3. The van der Waals surface area contributed by atoms with Gasteiger partial charge in [-0.3, -0.25) is 24.3 Å². The summed E-state index contributed by atoms with van der Waals surface area (Å²) >= 11 is 0. The molecule has 2 aromatic heterocycles. The molecule has 0 aliphatic carbocycles. The Hall–Kier alpha value is -4.74. The summed E-state index contributed by atoms with van der Waals surface area (Å²) in [6.45, 7) is 5.29. The number of fused-ring (bicyclic) bond motifs is 1. The highest BCUT2D eigenvalue weighted by atomic mass is 16.6. The number of aromatic nitrogens is 3. The molecule has 0 aliphatic heterocycles. The van der Waals surface area contributed by atoms with Crippen LogP contribution in [0.4, 0.5) is 17.3 Å². The smallest absolute Gasteiger partial charge is 0.294 e. The largest absolute Gasteiger partial charge is 0.380 e. The number of nitro benzene ring substituents is 1. The lowest BCUT2D eigenvalue weighted by Gasteiger charge is -2.16. The minimum Gasteiger partial charge on any atom is -0.380 e. The van der Waals surface area contributed by atoms with Crippen LogP contribution >= 0.6 is 0 Å². The third kappa shape index (κ3) is 5.17. The van der Waals surface area contributed by atoms with Gasteiger partial charge in [-0.1, -0.05) is 11.2 Å². The molecule has 0 aliphatic rings. The molecule has 4 rings (SSSR count). The number of rotatable bonds is 8. The number of amides is 1. The Labute approximate surface area is 205 Å². The van der Waals surface area contributed by atoms with Crippen molar-refractivity contribution in [2.45, 2.75) is 39.9 Å². The maximum atomic E-state index is 13.3. The first-order valence-corrected chi connectivity index (χ1v) is 11.2. The summed E-state index contributed by atoms with van der Waals surface area (Å²) in [5, 5.41) is 21.5. The van der Waals surface area contributed by atoms with Crippen molar-refractivity contribution in [2.75, 3.05) is 11.1 Å². The Balaban J connectivity index is 1.64. The highest BCUT2D eigenvalue weighted by molar-refractivity contribution is 5.87. The van der Waals surface area contributed by atoms with E-state index in [4.69, 9.17) is 10.3 Å². The average molecular weight is 492 g/mol. The maximum absolute atomic E-state index is 13.3. The number of anilines is 2. The van der Waals surface area contributed by atoms with Gasteiger partial charge in [0.25, 0.3) is 11.2 Å². The molecule has 12 heteroatoms. The van der Waals surface area contributed by atoms with Gasteiger partial charge in [0.15, 0.2) is 17.2 Å². The van der Waals surface area contributed by atoms with Crippen LogP contribution < -0.4 is 21.9 Å². The number of aryl methyl sites for hydroxylation is 1. The molecule has 2 heterocycles. The zero-order valence-electron chi connectivity index (χ0n) is 19.9. The number of carbonyl (C=O) groups excluding carboxylic acids is 1. The first-order chi connectivity index (χ1) is 17.1. The van der Waals surface area contributed by atoms with Gasteiger partial charge in [-0.15, -0.1) is 0 Å². The number of carbonyl (C=O) groups is 1. The number of nitro groups is 1. The number of nitrogen functional groups attached to an aromatic ring is 1. The third-order valence-corrected chi connectivity index (χ3v) is 5.40. The molecule has 36 heavy (non-hydrogen) atoms. The fraction of sp³-hybridized carbons (Fsp3) is 0.250. The summed E-state index contributed by atoms with van der Waals surface area (Å²) in [5.74, 6) is -0.0659. The second kappa shape index (κ2) is 9.86. The topological polar surface area (TPSA) is 171 Å². The van der Waals surface area contributed by atoms with E-state index in [9.17, 15) is 19.7 Å². The van der Waals surface area contributed by atoms with Gasteiger partial charge in [0.2, 0.25) is 5.91 Å². The third-order valence-electron chi connectivity index (χ3n) is 5.40. The van der Waals surface area contributed by atoms with Crippen molar-refractivity contribution in [2.24, 2.45) is 0 Å². The van der Waals surface area contributed by atoms with Gasteiger partial charge in [0, 0.05) is 30.3 Å². The molecular formula is C24H25N7O5. The van der Waals surface area contributed by atoms with Crippen molar-refractivity contribution >= 4 is 34.2 Å². The minimum atomic E-state index is -0.515. The van der Waals surface area contributed by atoms with Gasteiger partial charge in [0.05, 0.1) is 22.2 Å². The predicted octanol–water partition coefficient (Wildman–Crippen LogP) is 2.99. The first kappa shape index (κ1) is 24.4. The van der Waals surface area contributed by atoms with Gasteiger partial charge in [-0.05, 0) is 50.1 Å². The Morgan fingerprint density at radius 1 is 1.25 bits per heavy atom. The maximum Gasteiger partial charge on any atom is 0.294 e. The minimum absolute atomic E-state index is 0.0709. The lowest BCUT2D eigenvalue weighted by Crippen LogP contribution is -2.35. The van der Waals surface area contributed by atoms with Crippen LogP contribution in [0, 0.1) is 17.0 Å². The van der Waals surface area contributed by atoms with Gasteiger partial charge in [-0.25, -0.2) is 4.98 Å². The fourth-order valence-electron chi connectivity index (χ4n) is 3.78. The van der Waals surface area contributed by atoms with Gasteiger partial charge < -0.3 is 20.9 Å². The molecule has 4 N–H and O–H groups in total. The van der Waals surface area contributed by atoms with Crippen molar-refractivity contribution in [3.05, 3.63) is 74.2 Å². The summed E-state index contributed by atoms with van der Waals surface area (Å²) in [7, 11) is 0. The normalized spacial score (nSPS) is 11.1. The van der Waals surface area contributed by atoms with E-state index in [1.165, 1.54) is 22.9 Å².